The molecule has 0 saturated carbocycles. The average molecular weight is 1720 g/mol. The Morgan fingerprint density at radius 1 is 0.350 bits per heavy atom. The summed E-state index contributed by atoms with van der Waals surface area (Å²) >= 11 is 0. The summed E-state index contributed by atoms with van der Waals surface area (Å²) in [5.41, 5.74) is 5.96. The van der Waals surface area contributed by atoms with Crippen LogP contribution < -0.4 is 5.73 Å². The Morgan fingerprint density at radius 2 is 0.675 bits per heavy atom. The van der Waals surface area contributed by atoms with E-state index in [1.807, 2.05) is 0 Å². The summed E-state index contributed by atoms with van der Waals surface area (Å²) in [4.78, 5) is 12.8. The maximum atomic E-state index is 12.8. The SMILES string of the molecule is CC1C(O)[C@H](O[C@@H]2OC(CO[C@]3(C(=O)O)C[C@@H](O)[C@@H](N)C([C@H](O)[C@H](O)CO)O3)[C@H](O)C(O)[C@@H]2O)[C@H](CO)O[C@H]1OC1C(O)[C@H](O)C(CO)O[C@@H]1OCC1O[C@@H](O[C@@H]2C(CO)O[C@@H](O[C@@H]3C(CO)O[C@@H](C)[C@@H](C)C3O)[C@@H](C)C2O)[C@H](O)C(O[C@H]2O[C@H](CO)[C@@H](O)C(O)C2O[C@@H]2OC(CO)[C@@H](O[C@@H]3OC(CO)[C@H](O)C(O)[C@@H]3O)C(O)[C@@H]2C)[C@@H]1O. The molecule has 0 amide bonds. The molecule has 0 radical (unpaired) electrons. The molecule has 20 unspecified atom stereocenters. The molecule has 30 N–H and O–H groups in total. The van der Waals surface area contributed by atoms with Gasteiger partial charge in [0, 0.05) is 30.1 Å². The van der Waals surface area contributed by atoms with Gasteiger partial charge in [0.2, 0.25) is 0 Å². The van der Waals surface area contributed by atoms with Crippen LogP contribution in [0.4, 0.5) is 0 Å². The highest BCUT2D eigenvalue weighted by molar-refractivity contribution is 5.76. The van der Waals surface area contributed by atoms with Crippen molar-refractivity contribution in [3.8, 4) is 0 Å². The molecule has 0 aromatic rings. The van der Waals surface area contributed by atoms with Gasteiger partial charge in [-0.2, -0.15) is 0 Å². The molecule has 0 bridgehead atoms. The van der Waals surface area contributed by atoms with Crippen LogP contribution in [-0.4, -0.2) is 503 Å². The number of hydrogen-bond acceptors (Lipinski definition) is 48. The van der Waals surface area contributed by atoms with E-state index in [2.05, 4.69) is 0 Å². The molecule has 10 saturated heterocycles. The third-order valence-electron chi connectivity index (χ3n) is 23.7. The number of carboxylic acids is 1. The zero-order valence-electron chi connectivity index (χ0n) is 63.9. The zero-order valence-corrected chi connectivity index (χ0v) is 63.9. The number of carbonyl (C=O) groups is 1. The van der Waals surface area contributed by atoms with Crippen LogP contribution >= 0.6 is 0 Å². The molecule has 0 spiro atoms. The molecular formula is C68H117NO48. The first-order valence-electron chi connectivity index (χ1n) is 38.5. The summed E-state index contributed by atoms with van der Waals surface area (Å²) in [5.74, 6) is -9.43. The number of aliphatic hydroxyl groups excluding tert-OH is 27. The van der Waals surface area contributed by atoms with Crippen LogP contribution in [0.5, 0.6) is 0 Å². The van der Waals surface area contributed by atoms with E-state index in [4.69, 9.17) is 95.7 Å². The Hall–Kier alpha value is -2.41. The number of aliphatic carboxylic acids is 1. The third kappa shape index (κ3) is 20.2. The lowest BCUT2D eigenvalue weighted by atomic mass is 9.88. The summed E-state index contributed by atoms with van der Waals surface area (Å²) in [5, 5.41) is 309. The van der Waals surface area contributed by atoms with Gasteiger partial charge in [-0.25, -0.2) is 4.79 Å². The van der Waals surface area contributed by atoms with Gasteiger partial charge in [-0.1, -0.05) is 27.7 Å². The van der Waals surface area contributed by atoms with Crippen molar-refractivity contribution >= 4 is 5.97 Å². The highest BCUT2D eigenvalue weighted by Crippen LogP contribution is 2.43. The van der Waals surface area contributed by atoms with Crippen LogP contribution in [0, 0.1) is 23.7 Å². The standard InChI is InChI=1S/C68H117NO48/c1-17-21(5)101-27(11-74)51(34(17)80)110-59-18(2)35(81)54(30(14-77)105-59)113-64-50(96)56(114-66-58(47(93)41(87)26(10-73)104-66)116-61-20(4)37(83)52(28(12-75)107-61)111-62-48(94)44(90)39(85)24(8-71)102-62)43(89)31(108-64)15-99-65-57(46(92)40(86)25(9-72)103-65)115-60-19(3)36(82)53(29(13-76)106-60)112-63-49(95)45(91)42(88)32(109-63)16-100-68(67(97)98)6-22(78)33(69)55(117-68)38(84)23(79)7-70/h17-66,70-96H,6-16,69H2,1-5H3,(H,97,98)/t17-,18+,19?,20+,21+,22-,23-,24?,25?,26-,27?,28?,29+,30?,31?,32?,33-,34?,35?,36?,37?,38-,39+,40-,41-,42+,43-,44?,45?,46?,47?,48+,49+,50-,51-,52-,53-,54-,55?,56?,57?,58?,59+,60+,61+,62+,63+,64+,65+,66-,68-/m1/s1. The van der Waals surface area contributed by atoms with Crippen molar-refractivity contribution in [1.29, 1.82) is 0 Å². The van der Waals surface area contributed by atoms with Crippen LogP contribution in [-0.2, 0) is 94.8 Å². The van der Waals surface area contributed by atoms with Crippen molar-refractivity contribution in [3.05, 3.63) is 0 Å². The molecule has 0 aromatic carbocycles. The lowest BCUT2D eigenvalue weighted by Gasteiger charge is -2.51. The first-order chi connectivity index (χ1) is 55.3. The zero-order chi connectivity index (χ0) is 86.2. The van der Waals surface area contributed by atoms with Crippen LogP contribution in [0.2, 0.25) is 0 Å². The number of aliphatic hydroxyl groups is 27. The molecule has 10 aliphatic heterocycles. The van der Waals surface area contributed by atoms with Gasteiger partial charge < -0.3 is 239 Å². The van der Waals surface area contributed by atoms with Gasteiger partial charge in [0.15, 0.2) is 50.3 Å². The number of carboxylic acid groups (broad SMARTS) is 1. The molecular weight excluding hydrogens is 1600 g/mol. The molecule has 0 aliphatic carbocycles. The summed E-state index contributed by atoms with van der Waals surface area (Å²) in [6, 6.07) is -1.56. The van der Waals surface area contributed by atoms with Crippen LogP contribution in [0.1, 0.15) is 41.0 Å². The molecule has 10 rings (SSSR count). The fourth-order valence-corrected chi connectivity index (χ4v) is 15.9. The second-order valence-electron chi connectivity index (χ2n) is 31.4. The molecule has 117 heavy (non-hydrogen) atoms. The fraction of sp³-hybridized carbons (Fsp3) is 0.985. The molecule has 0 aromatic heterocycles. The lowest BCUT2D eigenvalue weighted by molar-refractivity contribution is -0.402. The summed E-state index contributed by atoms with van der Waals surface area (Å²) in [6.07, 6.45) is -85.6. The van der Waals surface area contributed by atoms with E-state index < -0.39 is 390 Å². The maximum absolute atomic E-state index is 12.8. The number of ether oxygens (including phenoxy) is 19. The predicted octanol–water partition coefficient (Wildman–Crippen LogP) is -17.5. The van der Waals surface area contributed by atoms with Crippen molar-refractivity contribution in [2.24, 2.45) is 29.4 Å². The topological polar surface area (TPSA) is 785 Å². The second kappa shape index (κ2) is 41.4. The Morgan fingerprint density at radius 3 is 1.09 bits per heavy atom. The van der Waals surface area contributed by atoms with Gasteiger partial charge in [-0.3, -0.25) is 0 Å². The van der Waals surface area contributed by atoms with Gasteiger partial charge in [-0.05, 0) is 6.92 Å². The maximum Gasteiger partial charge on any atom is 0.364 e. The van der Waals surface area contributed by atoms with E-state index in [9.17, 15) is 148 Å². The first kappa shape index (κ1) is 96.8. The quantitative estimate of drug-likeness (QED) is 0.0306. The van der Waals surface area contributed by atoms with Gasteiger partial charge in [0.1, 0.15) is 189 Å². The Bertz CT molecular complexity index is 3020. The monoisotopic (exact) mass is 1720 g/mol. The Kier molecular flexibility index (Phi) is 34.2. The smallest absolute Gasteiger partial charge is 0.364 e. The first-order valence-corrected chi connectivity index (χ1v) is 38.5. The van der Waals surface area contributed by atoms with Gasteiger partial charge in [-0.15, -0.1) is 0 Å². The molecule has 49 heteroatoms. The lowest BCUT2D eigenvalue weighted by Crippen LogP contribution is -2.68. The molecule has 10 heterocycles. The van der Waals surface area contributed by atoms with Crippen molar-refractivity contribution in [3.63, 3.8) is 0 Å². The van der Waals surface area contributed by atoms with Gasteiger partial charge in [0.05, 0.1) is 109 Å². The average Bonchev–Trinajstić information content (AvgIpc) is 0.769. The van der Waals surface area contributed by atoms with Crippen molar-refractivity contribution in [1.82, 2.24) is 0 Å². The predicted molar refractivity (Wildman–Crippen MR) is 365 cm³/mol. The van der Waals surface area contributed by atoms with Crippen molar-refractivity contribution < 1.29 is 238 Å². The second-order valence-corrected chi connectivity index (χ2v) is 31.4. The molecule has 682 valence electrons. The van der Waals surface area contributed by atoms with Crippen LogP contribution in [0.15, 0.2) is 0 Å². The highest BCUT2D eigenvalue weighted by atomic mass is 16.8. The van der Waals surface area contributed by atoms with E-state index >= 15 is 0 Å². The van der Waals surface area contributed by atoms with Gasteiger partial charge in [0.25, 0.3) is 5.79 Å². The molecule has 10 aliphatic rings. The third-order valence-corrected chi connectivity index (χ3v) is 23.7. The van der Waals surface area contributed by atoms with E-state index in [0.717, 1.165) is 0 Å². The molecule has 10 fully saturated rings. The fourth-order valence-electron chi connectivity index (χ4n) is 15.9. The minimum Gasteiger partial charge on any atom is -0.477 e. The number of hydrogen-bond donors (Lipinski definition) is 29. The van der Waals surface area contributed by atoms with Crippen LogP contribution in [0.3, 0.4) is 0 Å². The summed E-state index contributed by atoms with van der Waals surface area (Å²) in [6.45, 7) is -2.70. The highest BCUT2D eigenvalue weighted by Gasteiger charge is 2.62. The minimum atomic E-state index is -2.94. The number of nitrogens with two attached hydrogens (primary N) is 1. The van der Waals surface area contributed by atoms with E-state index in [1.165, 1.54) is 20.8 Å². The number of rotatable bonds is 31. The Balaban J connectivity index is 0.893. The summed E-state index contributed by atoms with van der Waals surface area (Å²) in [7, 11) is 0. The van der Waals surface area contributed by atoms with E-state index in [-0.39, 0.29) is 0 Å². The Labute approximate surface area is 666 Å². The van der Waals surface area contributed by atoms with E-state index in [0.29, 0.717) is 0 Å². The largest absolute Gasteiger partial charge is 0.477 e. The normalized spacial score (nSPS) is 52.1. The summed E-state index contributed by atoms with van der Waals surface area (Å²) < 4.78 is 114. The van der Waals surface area contributed by atoms with Crippen molar-refractivity contribution in [2.75, 3.05) is 66.1 Å². The minimum absolute atomic E-state index is 0.552. The molecule has 49 nitrogen and oxygen atoms in total. The molecule has 51 atom stereocenters. The van der Waals surface area contributed by atoms with Crippen LogP contribution in [0.25, 0.3) is 0 Å². The van der Waals surface area contributed by atoms with Gasteiger partial charge >= 0.3 is 5.97 Å². The van der Waals surface area contributed by atoms with Crippen molar-refractivity contribution in [2.45, 2.75) is 329 Å². The van der Waals surface area contributed by atoms with E-state index in [1.54, 1.807) is 13.8 Å².